The minimum Gasteiger partial charge on any atom is -0.231 e. The molecule has 2 nitrogen and oxygen atoms in total. The van der Waals surface area contributed by atoms with Crippen molar-refractivity contribution in [1.82, 2.24) is 9.78 Å². The van der Waals surface area contributed by atoms with Crippen LogP contribution in [0.4, 0.5) is 0 Å². The Kier molecular flexibility index (Phi) is 3.53. The number of hydrogen-bond acceptors (Lipinski definition) is 2. The summed E-state index contributed by atoms with van der Waals surface area (Å²) in [6, 6.07) is 12.7. The van der Waals surface area contributed by atoms with Crippen LogP contribution in [-0.2, 0) is 6.42 Å². The summed E-state index contributed by atoms with van der Waals surface area (Å²) in [6.45, 7) is 2.16. The van der Waals surface area contributed by atoms with Gasteiger partial charge in [0.15, 0.2) is 0 Å². The van der Waals surface area contributed by atoms with Crippen molar-refractivity contribution in [3.8, 4) is 5.00 Å². The van der Waals surface area contributed by atoms with Crippen molar-refractivity contribution in [2.24, 2.45) is 0 Å². The van der Waals surface area contributed by atoms with Gasteiger partial charge in [-0.05, 0) is 48.4 Å². The predicted molar refractivity (Wildman–Crippen MR) is 83.1 cm³/mol. The zero-order chi connectivity index (χ0) is 13.2. The first-order valence-corrected chi connectivity index (χ1v) is 7.67. The van der Waals surface area contributed by atoms with Crippen LogP contribution in [0, 0.1) is 6.92 Å². The van der Waals surface area contributed by atoms with Crippen LogP contribution >= 0.6 is 27.3 Å². The average Bonchev–Trinajstić information content (AvgIpc) is 3.04. The van der Waals surface area contributed by atoms with Gasteiger partial charge < -0.3 is 0 Å². The number of rotatable bonds is 3. The molecule has 0 aliphatic heterocycles. The van der Waals surface area contributed by atoms with E-state index in [4.69, 9.17) is 0 Å². The zero-order valence-electron chi connectivity index (χ0n) is 10.5. The Labute approximate surface area is 124 Å². The number of benzene rings is 1. The quantitative estimate of drug-likeness (QED) is 0.685. The van der Waals surface area contributed by atoms with E-state index in [1.54, 1.807) is 17.5 Å². The summed E-state index contributed by atoms with van der Waals surface area (Å²) in [5.41, 5.74) is 2.69. The third-order valence-corrected chi connectivity index (χ3v) is 4.62. The fraction of sp³-hybridized carbons (Fsp3) is 0.133. The second-order valence-electron chi connectivity index (χ2n) is 4.44. The molecule has 0 aliphatic rings. The molecular weight excluding hydrogens is 320 g/mol. The summed E-state index contributed by atoms with van der Waals surface area (Å²) in [6.07, 6.45) is 4.75. The van der Waals surface area contributed by atoms with Gasteiger partial charge in [0.25, 0.3) is 0 Å². The Morgan fingerprint density at radius 2 is 2.16 bits per heavy atom. The molecule has 3 rings (SSSR count). The molecule has 3 aromatic rings. The molecule has 0 N–H and O–H groups in total. The fourth-order valence-electron chi connectivity index (χ4n) is 2.00. The highest BCUT2D eigenvalue weighted by Gasteiger charge is 2.05. The maximum absolute atomic E-state index is 4.26. The summed E-state index contributed by atoms with van der Waals surface area (Å²) >= 11 is 5.32. The number of halogens is 1. The Balaban J connectivity index is 1.86. The van der Waals surface area contributed by atoms with Crippen molar-refractivity contribution in [3.05, 3.63) is 69.3 Å². The van der Waals surface area contributed by atoms with E-state index >= 15 is 0 Å². The van der Waals surface area contributed by atoms with Gasteiger partial charge in [-0.2, -0.15) is 5.10 Å². The molecule has 0 aliphatic carbocycles. The van der Waals surface area contributed by atoms with Crippen molar-refractivity contribution in [1.29, 1.82) is 0 Å². The molecule has 2 heterocycles. The lowest BCUT2D eigenvalue weighted by Crippen LogP contribution is -1.90. The van der Waals surface area contributed by atoms with E-state index in [1.807, 2.05) is 16.9 Å². The predicted octanol–water partition coefficient (Wildman–Crippen LogP) is 4.60. The third-order valence-electron chi connectivity index (χ3n) is 3.05. The summed E-state index contributed by atoms with van der Waals surface area (Å²) in [4.78, 5) is 1.35. The van der Waals surface area contributed by atoms with E-state index in [-0.39, 0.29) is 0 Å². The highest BCUT2D eigenvalue weighted by Crippen LogP contribution is 2.25. The van der Waals surface area contributed by atoms with Crippen LogP contribution in [0.1, 0.15) is 16.0 Å². The molecule has 4 heteroatoms. The van der Waals surface area contributed by atoms with Crippen LogP contribution in [0.15, 0.2) is 53.3 Å². The van der Waals surface area contributed by atoms with Crippen LogP contribution in [-0.4, -0.2) is 9.78 Å². The van der Waals surface area contributed by atoms with Crippen molar-refractivity contribution in [3.63, 3.8) is 0 Å². The van der Waals surface area contributed by atoms with Gasteiger partial charge in [-0.1, -0.05) is 22.0 Å². The third kappa shape index (κ3) is 2.80. The van der Waals surface area contributed by atoms with Gasteiger partial charge in [0, 0.05) is 28.2 Å². The lowest BCUT2D eigenvalue weighted by Gasteiger charge is -2.04. The van der Waals surface area contributed by atoms with Gasteiger partial charge in [-0.3, -0.25) is 0 Å². The van der Waals surface area contributed by atoms with Gasteiger partial charge in [0.05, 0.1) is 0 Å². The number of nitrogens with zero attached hydrogens (tertiary/aromatic N) is 2. The molecule has 0 bridgehead atoms. The second-order valence-corrected chi connectivity index (χ2v) is 6.50. The topological polar surface area (TPSA) is 17.8 Å². The normalized spacial score (nSPS) is 10.8. The largest absolute Gasteiger partial charge is 0.231 e. The molecule has 0 amide bonds. The van der Waals surface area contributed by atoms with Crippen LogP contribution < -0.4 is 0 Å². The van der Waals surface area contributed by atoms with E-state index in [1.165, 1.54) is 16.0 Å². The van der Waals surface area contributed by atoms with Crippen LogP contribution in [0.25, 0.3) is 5.00 Å². The maximum Gasteiger partial charge on any atom is 0.117 e. The number of aryl methyl sites for hydroxylation is 1. The highest BCUT2D eigenvalue weighted by molar-refractivity contribution is 9.10. The highest BCUT2D eigenvalue weighted by atomic mass is 79.9. The van der Waals surface area contributed by atoms with Crippen molar-refractivity contribution in [2.75, 3.05) is 0 Å². The van der Waals surface area contributed by atoms with E-state index in [9.17, 15) is 0 Å². The second kappa shape index (κ2) is 5.31. The number of aromatic nitrogens is 2. The van der Waals surface area contributed by atoms with Crippen LogP contribution in [0.5, 0.6) is 0 Å². The maximum atomic E-state index is 4.26. The summed E-state index contributed by atoms with van der Waals surface area (Å²) in [7, 11) is 0. The summed E-state index contributed by atoms with van der Waals surface area (Å²) in [5, 5.41) is 5.42. The van der Waals surface area contributed by atoms with Gasteiger partial charge in [0.2, 0.25) is 0 Å². The van der Waals surface area contributed by atoms with E-state index in [2.05, 4.69) is 58.3 Å². The van der Waals surface area contributed by atoms with Crippen molar-refractivity contribution in [2.45, 2.75) is 13.3 Å². The molecule has 19 heavy (non-hydrogen) atoms. The summed E-state index contributed by atoms with van der Waals surface area (Å²) in [5.74, 6) is 0. The first kappa shape index (κ1) is 12.6. The Morgan fingerprint density at radius 3 is 2.95 bits per heavy atom. The monoisotopic (exact) mass is 332 g/mol. The minimum atomic E-state index is 0.969. The Bertz CT molecular complexity index is 686. The van der Waals surface area contributed by atoms with Gasteiger partial charge in [0.1, 0.15) is 5.00 Å². The van der Waals surface area contributed by atoms with Crippen LogP contribution in [0.3, 0.4) is 0 Å². The van der Waals surface area contributed by atoms with E-state index in [0.717, 1.165) is 15.9 Å². The average molecular weight is 333 g/mol. The SMILES string of the molecule is Cc1ccc(Br)cc1Cc1ccc(-n2cccn2)s1. The molecule has 0 saturated heterocycles. The lowest BCUT2D eigenvalue weighted by atomic mass is 10.1. The molecular formula is C15H13BrN2S. The van der Waals surface area contributed by atoms with Crippen molar-refractivity contribution >= 4 is 27.3 Å². The molecule has 0 fully saturated rings. The Morgan fingerprint density at radius 1 is 1.26 bits per heavy atom. The molecule has 2 aromatic heterocycles. The first-order chi connectivity index (χ1) is 9.22. The molecule has 0 spiro atoms. The standard InChI is InChI=1S/C15H13BrN2S/c1-11-3-4-13(16)9-12(11)10-14-5-6-15(19-14)18-8-2-7-17-18/h2-9H,10H2,1H3. The summed E-state index contributed by atoms with van der Waals surface area (Å²) < 4.78 is 3.04. The van der Waals surface area contributed by atoms with Gasteiger partial charge in [-0.25, -0.2) is 4.68 Å². The minimum absolute atomic E-state index is 0.969. The number of hydrogen-bond donors (Lipinski definition) is 0. The van der Waals surface area contributed by atoms with E-state index in [0.29, 0.717) is 0 Å². The molecule has 0 unspecified atom stereocenters. The van der Waals surface area contributed by atoms with Gasteiger partial charge >= 0.3 is 0 Å². The Hall–Kier alpha value is -1.39. The lowest BCUT2D eigenvalue weighted by molar-refractivity contribution is 0.898. The number of thiophene rings is 1. The van der Waals surface area contributed by atoms with Crippen molar-refractivity contribution < 1.29 is 0 Å². The first-order valence-electron chi connectivity index (χ1n) is 6.06. The molecule has 96 valence electrons. The van der Waals surface area contributed by atoms with E-state index < -0.39 is 0 Å². The zero-order valence-corrected chi connectivity index (χ0v) is 12.9. The fourth-order valence-corrected chi connectivity index (χ4v) is 3.38. The molecule has 0 saturated carbocycles. The van der Waals surface area contributed by atoms with Gasteiger partial charge in [-0.15, -0.1) is 11.3 Å². The molecule has 1 aromatic carbocycles. The molecule has 0 radical (unpaired) electrons. The molecule has 0 atom stereocenters. The smallest absolute Gasteiger partial charge is 0.117 e. The van der Waals surface area contributed by atoms with Crippen LogP contribution in [0.2, 0.25) is 0 Å².